The van der Waals surface area contributed by atoms with Crippen LogP contribution in [0.5, 0.6) is 0 Å². The van der Waals surface area contributed by atoms with Gasteiger partial charge in [0, 0.05) is 27.8 Å². The Balaban J connectivity index is 1.66. The second-order valence-corrected chi connectivity index (χ2v) is 7.40. The molecule has 102 valence electrons. The fourth-order valence-electron chi connectivity index (χ4n) is 3.13. The molecule has 2 aromatic rings. The van der Waals surface area contributed by atoms with Crippen molar-refractivity contribution < 1.29 is 4.21 Å². The number of aromatic nitrogens is 2. The van der Waals surface area contributed by atoms with Crippen molar-refractivity contribution in [2.45, 2.75) is 29.8 Å². The molecule has 4 heteroatoms. The zero-order valence-corrected chi connectivity index (χ0v) is 11.9. The van der Waals surface area contributed by atoms with Gasteiger partial charge in [-0.2, -0.15) is 5.10 Å². The van der Waals surface area contributed by atoms with Crippen LogP contribution in [-0.4, -0.2) is 24.5 Å². The molecule has 3 nitrogen and oxygen atoms in total. The summed E-state index contributed by atoms with van der Waals surface area (Å²) in [7, 11) is -0.646. The van der Waals surface area contributed by atoms with Crippen LogP contribution in [0.25, 0.3) is 11.3 Å². The molecule has 3 atom stereocenters. The summed E-state index contributed by atoms with van der Waals surface area (Å²) in [5.74, 6) is 0. The van der Waals surface area contributed by atoms with Crippen LogP contribution in [0.4, 0.5) is 0 Å². The van der Waals surface area contributed by atoms with Crippen LogP contribution < -0.4 is 0 Å². The lowest BCUT2D eigenvalue weighted by Crippen LogP contribution is -2.19. The van der Waals surface area contributed by atoms with E-state index in [1.54, 1.807) is 0 Å². The SMILES string of the molecule is O=S1C2C=C(c3cnn(-c4ccccc4)c3)CC1CC2. The molecule has 0 amide bonds. The van der Waals surface area contributed by atoms with Gasteiger partial charge in [-0.25, -0.2) is 4.68 Å². The molecule has 4 rings (SSSR count). The smallest absolute Gasteiger partial charge is 0.0645 e. The number of fused-ring (bicyclic) bond motifs is 2. The Morgan fingerprint density at radius 3 is 2.85 bits per heavy atom. The molecule has 2 bridgehead atoms. The van der Waals surface area contributed by atoms with E-state index in [4.69, 9.17) is 0 Å². The first kappa shape index (κ1) is 12.1. The molecule has 1 aromatic heterocycles. The molecule has 2 aliphatic rings. The lowest BCUT2D eigenvalue weighted by Gasteiger charge is -2.18. The molecule has 1 aromatic carbocycles. The van der Waals surface area contributed by atoms with Crippen molar-refractivity contribution in [2.24, 2.45) is 0 Å². The lowest BCUT2D eigenvalue weighted by atomic mass is 10.0. The molecule has 0 radical (unpaired) electrons. The zero-order valence-electron chi connectivity index (χ0n) is 11.1. The summed E-state index contributed by atoms with van der Waals surface area (Å²) >= 11 is 0. The number of rotatable bonds is 2. The highest BCUT2D eigenvalue weighted by Crippen LogP contribution is 2.38. The van der Waals surface area contributed by atoms with Crippen LogP contribution in [-0.2, 0) is 10.8 Å². The average Bonchev–Trinajstić information content (AvgIpc) is 3.03. The van der Waals surface area contributed by atoms with Gasteiger partial charge < -0.3 is 0 Å². The van der Waals surface area contributed by atoms with E-state index in [2.05, 4.69) is 17.4 Å². The van der Waals surface area contributed by atoms with Crippen molar-refractivity contribution in [1.82, 2.24) is 9.78 Å². The summed E-state index contributed by atoms with van der Waals surface area (Å²) < 4.78 is 13.9. The molecule has 0 N–H and O–H groups in total. The zero-order chi connectivity index (χ0) is 13.5. The number of hydrogen-bond donors (Lipinski definition) is 0. The van der Waals surface area contributed by atoms with E-state index < -0.39 is 10.8 Å². The van der Waals surface area contributed by atoms with E-state index in [1.807, 2.05) is 41.2 Å². The minimum Gasteiger partial charge on any atom is -0.259 e. The highest BCUT2D eigenvalue weighted by molar-refractivity contribution is 7.86. The first-order valence-corrected chi connectivity index (χ1v) is 8.29. The van der Waals surface area contributed by atoms with Crippen LogP contribution in [0.1, 0.15) is 24.8 Å². The standard InChI is InChI=1S/C16H16N2OS/c19-20-15-6-7-16(20)9-12(8-15)13-10-17-18(11-13)14-4-2-1-3-5-14/h1-5,8,10-11,15-16H,6-7,9H2. The minimum absolute atomic E-state index is 0.267. The van der Waals surface area contributed by atoms with Crippen molar-refractivity contribution in [2.75, 3.05) is 0 Å². The number of nitrogens with zero attached hydrogens (tertiary/aromatic N) is 2. The second kappa shape index (κ2) is 4.70. The van der Waals surface area contributed by atoms with Crippen molar-refractivity contribution in [3.8, 4) is 5.69 Å². The van der Waals surface area contributed by atoms with E-state index in [9.17, 15) is 4.21 Å². The molecule has 20 heavy (non-hydrogen) atoms. The predicted octanol–water partition coefficient (Wildman–Crippen LogP) is 2.94. The summed E-state index contributed by atoms with van der Waals surface area (Å²) in [4.78, 5) is 0. The van der Waals surface area contributed by atoms with Gasteiger partial charge in [0.25, 0.3) is 0 Å². The van der Waals surface area contributed by atoms with Gasteiger partial charge in [0.1, 0.15) is 0 Å². The van der Waals surface area contributed by atoms with Gasteiger partial charge in [0.05, 0.1) is 17.1 Å². The minimum atomic E-state index is -0.646. The van der Waals surface area contributed by atoms with Gasteiger partial charge in [-0.3, -0.25) is 4.21 Å². The summed E-state index contributed by atoms with van der Waals surface area (Å²) in [6.07, 6.45) is 9.33. The Bertz CT molecular complexity index is 690. The summed E-state index contributed by atoms with van der Waals surface area (Å²) in [6.45, 7) is 0. The highest BCUT2D eigenvalue weighted by atomic mass is 32.2. The maximum absolute atomic E-state index is 12.0. The number of benzene rings is 1. The average molecular weight is 284 g/mol. The second-order valence-electron chi connectivity index (χ2n) is 5.47. The van der Waals surface area contributed by atoms with Crippen LogP contribution in [0.2, 0.25) is 0 Å². The first-order chi connectivity index (χ1) is 9.81. The van der Waals surface area contributed by atoms with Crippen LogP contribution in [0, 0.1) is 0 Å². The van der Waals surface area contributed by atoms with Crippen molar-refractivity contribution in [1.29, 1.82) is 0 Å². The number of allylic oxidation sites excluding steroid dienone is 1. The maximum atomic E-state index is 12.0. The monoisotopic (exact) mass is 284 g/mol. The van der Waals surface area contributed by atoms with E-state index >= 15 is 0 Å². The largest absolute Gasteiger partial charge is 0.259 e. The van der Waals surface area contributed by atoms with Gasteiger partial charge in [0.15, 0.2) is 0 Å². The Labute approximate surface area is 120 Å². The Hall–Kier alpha value is -1.68. The molecule has 3 heterocycles. The molecule has 0 spiro atoms. The Morgan fingerprint density at radius 2 is 2.05 bits per heavy atom. The third-order valence-electron chi connectivity index (χ3n) is 4.21. The van der Waals surface area contributed by atoms with E-state index in [0.717, 1.165) is 24.9 Å². The maximum Gasteiger partial charge on any atom is 0.0645 e. The lowest BCUT2D eigenvalue weighted by molar-refractivity contribution is 0.674. The topological polar surface area (TPSA) is 34.9 Å². The van der Waals surface area contributed by atoms with E-state index in [1.165, 1.54) is 11.1 Å². The quantitative estimate of drug-likeness (QED) is 0.850. The van der Waals surface area contributed by atoms with Crippen LogP contribution in [0.3, 0.4) is 0 Å². The third kappa shape index (κ3) is 1.95. The van der Waals surface area contributed by atoms with E-state index in [0.29, 0.717) is 5.25 Å². The summed E-state index contributed by atoms with van der Waals surface area (Å²) in [5, 5.41) is 5.08. The normalized spacial score (nSPS) is 28.4. The number of hydrogen-bond acceptors (Lipinski definition) is 2. The van der Waals surface area contributed by atoms with Gasteiger partial charge in [-0.1, -0.05) is 24.3 Å². The Morgan fingerprint density at radius 1 is 1.20 bits per heavy atom. The summed E-state index contributed by atoms with van der Waals surface area (Å²) in [6, 6.07) is 10.1. The van der Waals surface area contributed by atoms with Crippen molar-refractivity contribution in [3.63, 3.8) is 0 Å². The molecular weight excluding hydrogens is 268 g/mol. The van der Waals surface area contributed by atoms with Crippen LogP contribution in [0.15, 0.2) is 48.8 Å². The molecule has 2 aliphatic heterocycles. The predicted molar refractivity (Wildman–Crippen MR) is 81.1 cm³/mol. The van der Waals surface area contributed by atoms with Crippen molar-refractivity contribution >= 4 is 16.4 Å². The van der Waals surface area contributed by atoms with Gasteiger partial charge in [0.2, 0.25) is 0 Å². The first-order valence-electron chi connectivity index (χ1n) is 7.02. The molecule has 1 fully saturated rings. The van der Waals surface area contributed by atoms with Gasteiger partial charge in [-0.15, -0.1) is 0 Å². The number of para-hydroxylation sites is 1. The fourth-order valence-corrected chi connectivity index (χ4v) is 5.00. The fraction of sp³-hybridized carbons (Fsp3) is 0.312. The molecule has 3 unspecified atom stereocenters. The molecular formula is C16H16N2OS. The van der Waals surface area contributed by atoms with Gasteiger partial charge in [-0.05, 0) is 37.0 Å². The Kier molecular flexibility index (Phi) is 2.84. The molecule has 0 saturated carbocycles. The molecule has 0 aliphatic carbocycles. The third-order valence-corrected chi connectivity index (χ3v) is 6.24. The van der Waals surface area contributed by atoms with E-state index in [-0.39, 0.29) is 5.25 Å². The molecule has 1 saturated heterocycles. The van der Waals surface area contributed by atoms with Crippen molar-refractivity contribution in [3.05, 3.63) is 54.4 Å². The van der Waals surface area contributed by atoms with Gasteiger partial charge >= 0.3 is 0 Å². The highest BCUT2D eigenvalue weighted by Gasteiger charge is 2.36. The summed E-state index contributed by atoms with van der Waals surface area (Å²) in [5.41, 5.74) is 3.56. The van der Waals surface area contributed by atoms with Crippen LogP contribution >= 0.6 is 0 Å².